The standard InChI is InChI=1S/C24H27N3O3/c28-22(25-12-10-15-13-26-18-8-4-3-7-17(15)18)20-19-9-11-24(30-19)14-27(23(29)21(20)24)16-5-1-2-6-16/h3-4,7-9,11,13,16,19-21,26H,1-2,5-6,10,12,14H2,(H,25,28)/t19-,20+,21+,24+/m1/s1. The van der Waals surface area contributed by atoms with E-state index in [2.05, 4.69) is 22.4 Å². The van der Waals surface area contributed by atoms with E-state index in [0.717, 1.165) is 24.8 Å². The topological polar surface area (TPSA) is 74.4 Å². The summed E-state index contributed by atoms with van der Waals surface area (Å²) in [6.45, 7) is 1.15. The number of aromatic amines is 1. The largest absolute Gasteiger partial charge is 0.361 e. The van der Waals surface area contributed by atoms with E-state index in [9.17, 15) is 9.59 Å². The van der Waals surface area contributed by atoms with Crippen LogP contribution in [0.25, 0.3) is 10.9 Å². The summed E-state index contributed by atoms with van der Waals surface area (Å²) in [5.41, 5.74) is 1.70. The number of hydrogen-bond donors (Lipinski definition) is 2. The first-order chi connectivity index (χ1) is 14.7. The Morgan fingerprint density at radius 3 is 2.97 bits per heavy atom. The van der Waals surface area contributed by atoms with Crippen molar-refractivity contribution in [3.05, 3.63) is 48.2 Å². The highest BCUT2D eigenvalue weighted by atomic mass is 16.5. The number of nitrogens with one attached hydrogen (secondary N) is 2. The van der Waals surface area contributed by atoms with Gasteiger partial charge in [0.1, 0.15) is 5.60 Å². The fourth-order valence-corrected chi connectivity index (χ4v) is 6.13. The van der Waals surface area contributed by atoms with Crippen LogP contribution in [0.1, 0.15) is 31.2 Å². The SMILES string of the molecule is O=C(NCCc1c[nH]c2ccccc12)[C@@H]1[C@H]2C(=O)N(C3CCCC3)C[C@@]23C=C[C@H]1O3. The fraction of sp³-hybridized carbons (Fsp3) is 0.500. The summed E-state index contributed by atoms with van der Waals surface area (Å²) in [7, 11) is 0. The van der Waals surface area contributed by atoms with Crippen LogP contribution in [0.2, 0.25) is 0 Å². The number of benzene rings is 1. The Morgan fingerprint density at radius 1 is 1.27 bits per heavy atom. The van der Waals surface area contributed by atoms with Gasteiger partial charge in [-0.15, -0.1) is 0 Å². The van der Waals surface area contributed by atoms with E-state index < -0.39 is 11.5 Å². The molecule has 4 aliphatic rings. The summed E-state index contributed by atoms with van der Waals surface area (Å²) in [5, 5.41) is 4.28. The van der Waals surface area contributed by atoms with Gasteiger partial charge in [-0.1, -0.05) is 43.2 Å². The number of carbonyl (C=O) groups is 2. The first kappa shape index (κ1) is 18.2. The second kappa shape index (κ2) is 6.71. The zero-order valence-corrected chi connectivity index (χ0v) is 17.0. The van der Waals surface area contributed by atoms with Gasteiger partial charge in [0.05, 0.1) is 24.5 Å². The molecule has 0 unspecified atom stereocenters. The Balaban J connectivity index is 1.15. The molecule has 2 aromatic rings. The number of fused-ring (bicyclic) bond motifs is 2. The van der Waals surface area contributed by atoms with Crippen molar-refractivity contribution < 1.29 is 14.3 Å². The third-order valence-corrected chi connectivity index (χ3v) is 7.57. The summed E-state index contributed by atoms with van der Waals surface area (Å²) in [5.74, 6) is -0.735. The second-order valence-corrected chi connectivity index (χ2v) is 9.20. The molecule has 0 radical (unpaired) electrons. The predicted molar refractivity (Wildman–Crippen MR) is 113 cm³/mol. The number of hydrogen-bond acceptors (Lipinski definition) is 3. The van der Waals surface area contributed by atoms with E-state index >= 15 is 0 Å². The molecule has 30 heavy (non-hydrogen) atoms. The average molecular weight is 405 g/mol. The smallest absolute Gasteiger partial charge is 0.230 e. The first-order valence-electron chi connectivity index (χ1n) is 11.2. The summed E-state index contributed by atoms with van der Waals surface area (Å²) in [6, 6.07) is 8.50. The average Bonchev–Trinajstić information content (AvgIpc) is 3.56. The minimum atomic E-state index is -0.594. The molecule has 6 heteroatoms. The number of nitrogens with zero attached hydrogens (tertiary/aromatic N) is 1. The molecular formula is C24H27N3O3. The monoisotopic (exact) mass is 405 g/mol. The molecular weight excluding hydrogens is 378 g/mol. The maximum absolute atomic E-state index is 13.3. The Labute approximate surface area is 175 Å². The van der Waals surface area contributed by atoms with E-state index in [1.54, 1.807) is 0 Å². The molecule has 1 aromatic carbocycles. The van der Waals surface area contributed by atoms with Crippen molar-refractivity contribution >= 4 is 22.7 Å². The number of para-hydroxylation sites is 1. The Morgan fingerprint density at radius 2 is 2.10 bits per heavy atom. The maximum Gasteiger partial charge on any atom is 0.230 e. The number of H-pyrrole nitrogens is 1. The van der Waals surface area contributed by atoms with Gasteiger partial charge in [0.15, 0.2) is 0 Å². The van der Waals surface area contributed by atoms with Crippen LogP contribution in [0.15, 0.2) is 42.6 Å². The summed E-state index contributed by atoms with van der Waals surface area (Å²) >= 11 is 0. The molecule has 1 saturated carbocycles. The van der Waals surface area contributed by atoms with Gasteiger partial charge in [-0.3, -0.25) is 9.59 Å². The van der Waals surface area contributed by atoms with Crippen LogP contribution in [0.5, 0.6) is 0 Å². The minimum absolute atomic E-state index is 0.0577. The number of ether oxygens (including phenoxy) is 1. The van der Waals surface area contributed by atoms with Gasteiger partial charge in [0.2, 0.25) is 11.8 Å². The number of carbonyl (C=O) groups excluding carboxylic acids is 2. The van der Waals surface area contributed by atoms with E-state index in [-0.39, 0.29) is 23.8 Å². The van der Waals surface area contributed by atoms with Crippen molar-refractivity contribution in [2.45, 2.75) is 49.9 Å². The van der Waals surface area contributed by atoms with E-state index in [4.69, 9.17) is 4.74 Å². The van der Waals surface area contributed by atoms with Crippen molar-refractivity contribution in [3.8, 4) is 0 Å². The second-order valence-electron chi connectivity index (χ2n) is 9.20. The van der Waals surface area contributed by atoms with Gasteiger partial charge in [-0.2, -0.15) is 0 Å². The van der Waals surface area contributed by atoms with Gasteiger partial charge < -0.3 is 19.9 Å². The molecule has 1 spiro atoms. The molecule has 3 aliphatic heterocycles. The van der Waals surface area contributed by atoms with Crippen molar-refractivity contribution in [1.82, 2.24) is 15.2 Å². The third kappa shape index (κ3) is 2.59. The molecule has 3 fully saturated rings. The third-order valence-electron chi connectivity index (χ3n) is 7.57. The number of rotatable bonds is 5. The lowest BCUT2D eigenvalue weighted by atomic mass is 9.77. The van der Waals surface area contributed by atoms with Gasteiger partial charge in [0.25, 0.3) is 0 Å². The first-order valence-corrected chi connectivity index (χ1v) is 11.2. The highest BCUT2D eigenvalue weighted by Gasteiger charge is 2.67. The van der Waals surface area contributed by atoms with E-state index in [1.165, 1.54) is 23.8 Å². The maximum atomic E-state index is 13.3. The molecule has 6 rings (SSSR count). The van der Waals surface area contributed by atoms with Crippen LogP contribution in [-0.2, 0) is 20.7 Å². The highest BCUT2D eigenvalue weighted by molar-refractivity contribution is 5.93. The molecule has 2 bridgehead atoms. The lowest BCUT2D eigenvalue weighted by Crippen LogP contribution is -2.45. The lowest BCUT2D eigenvalue weighted by Gasteiger charge is -2.27. The number of amides is 2. The Kier molecular flexibility index (Phi) is 4.07. The van der Waals surface area contributed by atoms with Crippen LogP contribution in [0, 0.1) is 11.8 Å². The summed E-state index contributed by atoms with van der Waals surface area (Å²) in [4.78, 5) is 31.7. The van der Waals surface area contributed by atoms with Crippen molar-refractivity contribution in [3.63, 3.8) is 0 Å². The van der Waals surface area contributed by atoms with E-state index in [1.807, 2.05) is 35.4 Å². The molecule has 1 aliphatic carbocycles. The van der Waals surface area contributed by atoms with Crippen molar-refractivity contribution in [1.29, 1.82) is 0 Å². The van der Waals surface area contributed by atoms with Crippen LogP contribution >= 0.6 is 0 Å². The van der Waals surface area contributed by atoms with E-state index in [0.29, 0.717) is 19.1 Å². The zero-order valence-electron chi connectivity index (χ0n) is 17.0. The molecule has 4 atom stereocenters. The Hall–Kier alpha value is -2.60. The fourth-order valence-electron chi connectivity index (χ4n) is 6.13. The zero-order chi connectivity index (χ0) is 20.3. The molecule has 2 N–H and O–H groups in total. The Bertz CT molecular complexity index is 1040. The van der Waals surface area contributed by atoms with Crippen LogP contribution in [0.4, 0.5) is 0 Å². The molecule has 4 heterocycles. The molecule has 2 amide bonds. The van der Waals surface area contributed by atoms with Crippen LogP contribution < -0.4 is 5.32 Å². The highest BCUT2D eigenvalue weighted by Crippen LogP contribution is 2.53. The van der Waals surface area contributed by atoms with Gasteiger partial charge in [0, 0.05) is 29.7 Å². The van der Waals surface area contributed by atoms with Crippen LogP contribution in [0.3, 0.4) is 0 Å². The number of aromatic nitrogens is 1. The normalized spacial score (nSPS) is 32.5. The summed E-state index contributed by atoms with van der Waals surface area (Å²) < 4.78 is 6.25. The molecule has 2 saturated heterocycles. The quantitative estimate of drug-likeness (QED) is 0.751. The minimum Gasteiger partial charge on any atom is -0.361 e. The molecule has 6 nitrogen and oxygen atoms in total. The number of likely N-dealkylation sites (tertiary alicyclic amines) is 1. The lowest BCUT2D eigenvalue weighted by molar-refractivity contribution is -0.138. The van der Waals surface area contributed by atoms with Crippen molar-refractivity contribution in [2.75, 3.05) is 13.1 Å². The molecule has 156 valence electrons. The van der Waals surface area contributed by atoms with Crippen LogP contribution in [-0.4, -0.2) is 52.5 Å². The summed E-state index contributed by atoms with van der Waals surface area (Å²) in [6.07, 6.45) is 11.0. The van der Waals surface area contributed by atoms with Crippen molar-refractivity contribution in [2.24, 2.45) is 11.8 Å². The predicted octanol–water partition coefficient (Wildman–Crippen LogP) is 2.55. The molecule has 1 aromatic heterocycles. The van der Waals surface area contributed by atoms with Gasteiger partial charge >= 0.3 is 0 Å². The van der Waals surface area contributed by atoms with Gasteiger partial charge in [-0.25, -0.2) is 0 Å². The van der Waals surface area contributed by atoms with Gasteiger partial charge in [-0.05, 0) is 30.9 Å².